The van der Waals surface area contributed by atoms with E-state index in [0.717, 1.165) is 18.0 Å². The van der Waals surface area contributed by atoms with Gasteiger partial charge in [-0.15, -0.1) is 11.3 Å². The molecular formula is C11H20N4S. The number of nitrogens with two attached hydrogens (primary N) is 1. The van der Waals surface area contributed by atoms with Crippen molar-refractivity contribution < 1.29 is 0 Å². The van der Waals surface area contributed by atoms with E-state index in [1.165, 1.54) is 19.3 Å². The summed E-state index contributed by atoms with van der Waals surface area (Å²) in [6, 6.07) is 0. The van der Waals surface area contributed by atoms with Gasteiger partial charge in [-0.25, -0.2) is 9.98 Å². The predicted octanol–water partition coefficient (Wildman–Crippen LogP) is 2.13. The zero-order valence-electron chi connectivity index (χ0n) is 9.78. The minimum atomic E-state index is 0.520. The Balaban J connectivity index is 2.09. The van der Waals surface area contributed by atoms with Crippen LogP contribution in [0.25, 0.3) is 0 Å². The van der Waals surface area contributed by atoms with Crippen molar-refractivity contribution in [2.45, 2.75) is 39.2 Å². The third kappa shape index (κ3) is 5.70. The lowest BCUT2D eigenvalue weighted by atomic mass is 10.2. The lowest BCUT2D eigenvalue weighted by Crippen LogP contribution is -2.32. The molecule has 1 rings (SSSR count). The Kier molecular flexibility index (Phi) is 6.56. The van der Waals surface area contributed by atoms with Gasteiger partial charge in [-0.3, -0.25) is 0 Å². The molecule has 16 heavy (non-hydrogen) atoms. The maximum absolute atomic E-state index is 5.72. The average Bonchev–Trinajstić information content (AvgIpc) is 2.79. The number of hydrogen-bond donors (Lipinski definition) is 2. The van der Waals surface area contributed by atoms with Gasteiger partial charge < -0.3 is 11.1 Å². The Labute approximate surface area is 101 Å². The number of thiazole rings is 1. The van der Waals surface area contributed by atoms with Gasteiger partial charge in [-0.2, -0.15) is 0 Å². The van der Waals surface area contributed by atoms with Crippen LogP contribution in [0.3, 0.4) is 0 Å². The van der Waals surface area contributed by atoms with Crippen LogP contribution in [0.15, 0.2) is 16.6 Å². The van der Waals surface area contributed by atoms with Crippen LogP contribution in [-0.4, -0.2) is 17.5 Å². The highest BCUT2D eigenvalue weighted by atomic mass is 32.1. The van der Waals surface area contributed by atoms with E-state index in [1.54, 1.807) is 17.5 Å². The Bertz CT molecular complexity index is 295. The molecule has 1 heterocycles. The Morgan fingerprint density at radius 1 is 1.50 bits per heavy atom. The lowest BCUT2D eigenvalue weighted by Gasteiger charge is -2.04. The summed E-state index contributed by atoms with van der Waals surface area (Å²) in [5.74, 6) is 0.520. The van der Waals surface area contributed by atoms with Crippen LogP contribution in [0, 0.1) is 0 Å². The summed E-state index contributed by atoms with van der Waals surface area (Å²) >= 11 is 1.60. The van der Waals surface area contributed by atoms with Crippen LogP contribution in [0.2, 0.25) is 0 Å². The van der Waals surface area contributed by atoms with E-state index in [0.29, 0.717) is 12.5 Å². The Morgan fingerprint density at radius 3 is 3.06 bits per heavy atom. The molecule has 1 aromatic heterocycles. The molecule has 0 bridgehead atoms. The van der Waals surface area contributed by atoms with E-state index in [4.69, 9.17) is 5.73 Å². The van der Waals surface area contributed by atoms with Crippen LogP contribution in [0.1, 0.15) is 37.6 Å². The van der Waals surface area contributed by atoms with Gasteiger partial charge in [0.25, 0.3) is 0 Å². The molecule has 0 spiro atoms. The minimum absolute atomic E-state index is 0.520. The fraction of sp³-hybridized carbons (Fsp3) is 0.636. The maximum Gasteiger partial charge on any atom is 0.189 e. The summed E-state index contributed by atoms with van der Waals surface area (Å²) in [4.78, 5) is 8.35. The Hall–Kier alpha value is -1.10. The number of nitrogens with zero attached hydrogens (tertiary/aromatic N) is 2. The molecule has 0 amide bonds. The number of aliphatic imine (C=N–C) groups is 1. The second-order valence-corrected chi connectivity index (χ2v) is 4.59. The summed E-state index contributed by atoms with van der Waals surface area (Å²) in [5, 5.41) is 6.05. The van der Waals surface area contributed by atoms with E-state index < -0.39 is 0 Å². The van der Waals surface area contributed by atoms with Crippen LogP contribution in [0.5, 0.6) is 0 Å². The number of hydrogen-bond acceptors (Lipinski definition) is 3. The molecule has 0 aliphatic carbocycles. The fourth-order valence-corrected chi connectivity index (χ4v) is 1.85. The van der Waals surface area contributed by atoms with Gasteiger partial charge in [0.15, 0.2) is 5.96 Å². The van der Waals surface area contributed by atoms with Crippen molar-refractivity contribution in [1.82, 2.24) is 10.3 Å². The Morgan fingerprint density at radius 2 is 2.38 bits per heavy atom. The van der Waals surface area contributed by atoms with Gasteiger partial charge in [-0.1, -0.05) is 26.2 Å². The van der Waals surface area contributed by atoms with E-state index >= 15 is 0 Å². The minimum Gasteiger partial charge on any atom is -0.370 e. The monoisotopic (exact) mass is 240 g/mol. The van der Waals surface area contributed by atoms with Gasteiger partial charge in [0.05, 0.1) is 6.54 Å². The first kappa shape index (κ1) is 13.0. The van der Waals surface area contributed by atoms with E-state index in [2.05, 4.69) is 22.2 Å². The van der Waals surface area contributed by atoms with Crippen molar-refractivity contribution in [3.8, 4) is 0 Å². The standard InChI is InChI=1S/C11H20N4S/c1-2-3-4-5-6-14-11(12)15-9-10-13-7-8-16-10/h7-8H,2-6,9H2,1H3,(H3,12,14,15). The first-order valence-corrected chi connectivity index (χ1v) is 6.63. The van der Waals surface area contributed by atoms with Crippen molar-refractivity contribution in [3.63, 3.8) is 0 Å². The lowest BCUT2D eigenvalue weighted by molar-refractivity contribution is 0.652. The number of aromatic nitrogens is 1. The second-order valence-electron chi connectivity index (χ2n) is 3.61. The van der Waals surface area contributed by atoms with Crippen LogP contribution >= 0.6 is 11.3 Å². The molecule has 5 heteroatoms. The molecule has 0 saturated heterocycles. The van der Waals surface area contributed by atoms with Gasteiger partial charge in [0.1, 0.15) is 5.01 Å². The third-order valence-electron chi connectivity index (χ3n) is 2.20. The largest absolute Gasteiger partial charge is 0.370 e. The predicted molar refractivity (Wildman–Crippen MR) is 69.6 cm³/mol. The topological polar surface area (TPSA) is 63.3 Å². The van der Waals surface area contributed by atoms with Crippen molar-refractivity contribution in [1.29, 1.82) is 0 Å². The van der Waals surface area contributed by atoms with Crippen molar-refractivity contribution in [3.05, 3.63) is 16.6 Å². The number of nitrogens with one attached hydrogen (secondary N) is 1. The molecule has 4 nitrogen and oxygen atoms in total. The summed E-state index contributed by atoms with van der Waals surface area (Å²) in [6.45, 7) is 3.69. The highest BCUT2D eigenvalue weighted by molar-refractivity contribution is 7.09. The molecular weight excluding hydrogens is 220 g/mol. The smallest absolute Gasteiger partial charge is 0.189 e. The normalized spacial score (nSPS) is 11.7. The van der Waals surface area contributed by atoms with Crippen LogP contribution < -0.4 is 11.1 Å². The first-order chi connectivity index (χ1) is 7.83. The van der Waals surface area contributed by atoms with Crippen LogP contribution in [0.4, 0.5) is 0 Å². The molecule has 0 atom stereocenters. The number of unbranched alkanes of at least 4 members (excludes halogenated alkanes) is 3. The van der Waals surface area contributed by atoms with Gasteiger partial charge in [0, 0.05) is 18.1 Å². The molecule has 0 aromatic carbocycles. The van der Waals surface area contributed by atoms with Gasteiger partial charge in [0.2, 0.25) is 0 Å². The quantitative estimate of drug-likeness (QED) is 0.436. The highest BCUT2D eigenvalue weighted by Crippen LogP contribution is 2.04. The van der Waals surface area contributed by atoms with E-state index in [1.807, 2.05) is 5.38 Å². The third-order valence-corrected chi connectivity index (χ3v) is 2.97. The summed E-state index contributed by atoms with van der Waals surface area (Å²) in [7, 11) is 0. The molecule has 90 valence electrons. The zero-order chi connectivity index (χ0) is 11.6. The summed E-state index contributed by atoms with van der Waals surface area (Å²) < 4.78 is 0. The van der Waals surface area contributed by atoms with Crippen molar-refractivity contribution >= 4 is 17.3 Å². The highest BCUT2D eigenvalue weighted by Gasteiger charge is 1.94. The molecule has 3 N–H and O–H groups in total. The molecule has 0 radical (unpaired) electrons. The number of rotatable bonds is 7. The van der Waals surface area contributed by atoms with Gasteiger partial charge >= 0.3 is 0 Å². The van der Waals surface area contributed by atoms with Gasteiger partial charge in [-0.05, 0) is 6.42 Å². The summed E-state index contributed by atoms with van der Waals surface area (Å²) in [6.07, 6.45) is 6.74. The molecule has 0 fully saturated rings. The molecule has 0 aliphatic rings. The van der Waals surface area contributed by atoms with Crippen LogP contribution in [-0.2, 0) is 6.54 Å². The van der Waals surface area contributed by atoms with E-state index in [9.17, 15) is 0 Å². The van der Waals surface area contributed by atoms with E-state index in [-0.39, 0.29) is 0 Å². The first-order valence-electron chi connectivity index (χ1n) is 5.75. The molecule has 0 aliphatic heterocycles. The molecule has 0 unspecified atom stereocenters. The number of guanidine groups is 1. The second kappa shape index (κ2) is 8.10. The molecule has 0 saturated carbocycles. The van der Waals surface area contributed by atoms with Crippen molar-refractivity contribution in [2.24, 2.45) is 10.7 Å². The maximum atomic E-state index is 5.72. The van der Waals surface area contributed by atoms with Crippen molar-refractivity contribution in [2.75, 3.05) is 6.54 Å². The molecule has 1 aromatic rings. The summed E-state index contributed by atoms with van der Waals surface area (Å²) in [5.41, 5.74) is 5.72. The zero-order valence-corrected chi connectivity index (χ0v) is 10.6. The fourth-order valence-electron chi connectivity index (χ4n) is 1.31. The average molecular weight is 240 g/mol. The SMILES string of the molecule is CCCCCCNC(N)=NCc1nccs1.